The molecule has 0 saturated heterocycles. The van der Waals surface area contributed by atoms with Crippen molar-refractivity contribution in [3.8, 4) is 11.5 Å². The van der Waals surface area contributed by atoms with Crippen LogP contribution in [0.3, 0.4) is 0 Å². The molecule has 24 heavy (non-hydrogen) atoms. The van der Waals surface area contributed by atoms with Gasteiger partial charge in [-0.1, -0.05) is 6.07 Å². The van der Waals surface area contributed by atoms with Crippen molar-refractivity contribution in [3.05, 3.63) is 59.4 Å². The van der Waals surface area contributed by atoms with Crippen molar-refractivity contribution in [2.75, 3.05) is 13.9 Å². The maximum Gasteiger partial charge on any atom is 0.313 e. The second-order valence-electron chi connectivity index (χ2n) is 5.32. The third-order valence-electron chi connectivity index (χ3n) is 3.84. The van der Waals surface area contributed by atoms with Gasteiger partial charge in [0.15, 0.2) is 17.3 Å². The van der Waals surface area contributed by atoms with Gasteiger partial charge >= 0.3 is 5.97 Å². The van der Waals surface area contributed by atoms with E-state index in [0.717, 1.165) is 0 Å². The fourth-order valence-electron chi connectivity index (χ4n) is 2.55. The van der Waals surface area contributed by atoms with E-state index in [1.807, 2.05) is 0 Å². The molecule has 5 nitrogen and oxygen atoms in total. The molecule has 1 aliphatic heterocycles. The molecule has 1 heterocycles. The quantitative estimate of drug-likeness (QED) is 0.623. The molecule has 1 atom stereocenters. The highest BCUT2D eigenvalue weighted by Crippen LogP contribution is 2.36. The predicted molar refractivity (Wildman–Crippen MR) is 82.7 cm³/mol. The molecule has 0 N–H and O–H groups in total. The van der Waals surface area contributed by atoms with Crippen LogP contribution >= 0.6 is 0 Å². The first-order valence-corrected chi connectivity index (χ1v) is 7.34. The van der Waals surface area contributed by atoms with Crippen LogP contribution in [-0.4, -0.2) is 25.7 Å². The third kappa shape index (κ3) is 3.22. The SMILES string of the molecule is COC(=O)C(CC(=O)c1ccc(F)cc1)c1ccc2c(c1)OCO2. The first-order chi connectivity index (χ1) is 11.6. The fraction of sp³-hybridized carbons (Fsp3) is 0.222. The maximum atomic E-state index is 13.0. The van der Waals surface area contributed by atoms with E-state index in [2.05, 4.69) is 0 Å². The molecule has 0 amide bonds. The minimum atomic E-state index is -0.776. The van der Waals surface area contributed by atoms with Gasteiger partial charge in [-0.25, -0.2) is 4.39 Å². The average Bonchev–Trinajstić information content (AvgIpc) is 3.07. The van der Waals surface area contributed by atoms with E-state index in [-0.39, 0.29) is 19.0 Å². The van der Waals surface area contributed by atoms with Crippen molar-refractivity contribution in [3.63, 3.8) is 0 Å². The zero-order valence-electron chi connectivity index (χ0n) is 13.0. The summed E-state index contributed by atoms with van der Waals surface area (Å²) in [6.45, 7) is 0.121. The van der Waals surface area contributed by atoms with Crippen LogP contribution in [0.5, 0.6) is 11.5 Å². The minimum Gasteiger partial charge on any atom is -0.469 e. The number of carbonyl (C=O) groups is 2. The smallest absolute Gasteiger partial charge is 0.313 e. The molecule has 6 heteroatoms. The number of carbonyl (C=O) groups excluding carboxylic acids is 2. The van der Waals surface area contributed by atoms with Crippen LogP contribution in [0.4, 0.5) is 4.39 Å². The van der Waals surface area contributed by atoms with E-state index < -0.39 is 17.7 Å². The number of ketones is 1. The lowest BCUT2D eigenvalue weighted by molar-refractivity contribution is -0.142. The summed E-state index contributed by atoms with van der Waals surface area (Å²) >= 11 is 0. The van der Waals surface area contributed by atoms with Gasteiger partial charge < -0.3 is 14.2 Å². The summed E-state index contributed by atoms with van der Waals surface area (Å²) in [7, 11) is 1.27. The van der Waals surface area contributed by atoms with Gasteiger partial charge in [-0.3, -0.25) is 9.59 Å². The topological polar surface area (TPSA) is 61.8 Å². The third-order valence-corrected chi connectivity index (χ3v) is 3.84. The van der Waals surface area contributed by atoms with Crippen LogP contribution in [0.15, 0.2) is 42.5 Å². The monoisotopic (exact) mass is 330 g/mol. The number of hydrogen-bond donors (Lipinski definition) is 0. The van der Waals surface area contributed by atoms with E-state index in [1.54, 1.807) is 18.2 Å². The number of Topliss-reactive ketones (excluding diaryl/α,β-unsaturated/α-hetero) is 1. The van der Waals surface area contributed by atoms with Gasteiger partial charge in [0, 0.05) is 12.0 Å². The number of esters is 1. The van der Waals surface area contributed by atoms with Crippen LogP contribution in [0, 0.1) is 5.82 Å². The van der Waals surface area contributed by atoms with Crippen molar-refractivity contribution in [2.24, 2.45) is 0 Å². The highest BCUT2D eigenvalue weighted by atomic mass is 19.1. The lowest BCUT2D eigenvalue weighted by Crippen LogP contribution is -2.18. The summed E-state index contributed by atoms with van der Waals surface area (Å²) in [6.07, 6.45) is -0.0854. The molecule has 1 aliphatic rings. The zero-order chi connectivity index (χ0) is 17.1. The largest absolute Gasteiger partial charge is 0.469 e. The summed E-state index contributed by atoms with van der Waals surface area (Å²) in [5.41, 5.74) is 0.938. The lowest BCUT2D eigenvalue weighted by atomic mass is 9.91. The van der Waals surface area contributed by atoms with Gasteiger partial charge in [-0.15, -0.1) is 0 Å². The number of methoxy groups -OCH3 is 1. The molecular weight excluding hydrogens is 315 g/mol. The summed E-state index contributed by atoms with van der Waals surface area (Å²) in [5, 5.41) is 0. The number of halogens is 1. The number of ether oxygens (including phenoxy) is 3. The number of hydrogen-bond acceptors (Lipinski definition) is 5. The van der Waals surface area contributed by atoms with Crippen LogP contribution < -0.4 is 9.47 Å². The van der Waals surface area contributed by atoms with Crippen molar-refractivity contribution in [1.82, 2.24) is 0 Å². The average molecular weight is 330 g/mol. The van der Waals surface area contributed by atoms with E-state index >= 15 is 0 Å². The Morgan fingerprint density at radius 3 is 2.54 bits per heavy atom. The molecule has 124 valence electrons. The number of fused-ring (bicyclic) bond motifs is 1. The molecule has 0 saturated carbocycles. The van der Waals surface area contributed by atoms with Gasteiger partial charge in [0.2, 0.25) is 6.79 Å². The van der Waals surface area contributed by atoms with Crippen LogP contribution in [0.1, 0.15) is 28.3 Å². The van der Waals surface area contributed by atoms with E-state index in [0.29, 0.717) is 22.6 Å². The second-order valence-corrected chi connectivity index (χ2v) is 5.32. The minimum absolute atomic E-state index is 0.0854. The summed E-state index contributed by atoms with van der Waals surface area (Å²) in [6, 6.07) is 10.3. The number of benzene rings is 2. The molecule has 2 aromatic carbocycles. The summed E-state index contributed by atoms with van der Waals surface area (Å²) in [4.78, 5) is 24.5. The van der Waals surface area contributed by atoms with E-state index in [4.69, 9.17) is 14.2 Å². The van der Waals surface area contributed by atoms with Gasteiger partial charge in [0.05, 0.1) is 13.0 Å². The van der Waals surface area contributed by atoms with Crippen LogP contribution in [0.25, 0.3) is 0 Å². The summed E-state index contributed by atoms with van der Waals surface area (Å²) < 4.78 is 28.3. The Labute approximate surface area is 138 Å². The second kappa shape index (κ2) is 6.70. The van der Waals surface area contributed by atoms with Gasteiger partial charge in [0.25, 0.3) is 0 Å². The normalized spacial score (nSPS) is 13.4. The highest BCUT2D eigenvalue weighted by molar-refractivity contribution is 5.99. The molecule has 0 spiro atoms. The predicted octanol–water partition coefficient (Wildman–Crippen LogP) is 3.08. The maximum absolute atomic E-state index is 13.0. The van der Waals surface area contributed by atoms with Crippen molar-refractivity contribution in [2.45, 2.75) is 12.3 Å². The Balaban J connectivity index is 1.85. The summed E-state index contributed by atoms with van der Waals surface area (Å²) in [5.74, 6) is -0.885. The van der Waals surface area contributed by atoms with Gasteiger partial charge in [0.1, 0.15) is 5.82 Å². The Morgan fingerprint density at radius 2 is 1.83 bits per heavy atom. The van der Waals surface area contributed by atoms with E-state index in [1.165, 1.54) is 31.4 Å². The molecule has 0 aliphatic carbocycles. The Bertz CT molecular complexity index is 769. The molecular formula is C18H15FO5. The van der Waals surface area contributed by atoms with Crippen molar-refractivity contribution >= 4 is 11.8 Å². The Kier molecular flexibility index (Phi) is 4.46. The van der Waals surface area contributed by atoms with E-state index in [9.17, 15) is 14.0 Å². The van der Waals surface area contributed by atoms with Gasteiger partial charge in [-0.05, 0) is 42.0 Å². The van der Waals surface area contributed by atoms with Crippen LogP contribution in [0.2, 0.25) is 0 Å². The Morgan fingerprint density at radius 1 is 1.12 bits per heavy atom. The standard InChI is InChI=1S/C18H15FO5/c1-22-18(21)14(9-15(20)11-2-5-13(19)6-3-11)12-4-7-16-17(8-12)24-10-23-16/h2-8,14H,9-10H2,1H3. The lowest BCUT2D eigenvalue weighted by Gasteiger charge is -2.15. The zero-order valence-corrected chi connectivity index (χ0v) is 13.0. The molecule has 3 rings (SSSR count). The number of rotatable bonds is 5. The Hall–Kier alpha value is -2.89. The molecule has 2 aromatic rings. The van der Waals surface area contributed by atoms with Gasteiger partial charge in [-0.2, -0.15) is 0 Å². The molecule has 0 bridgehead atoms. The molecule has 0 radical (unpaired) electrons. The van der Waals surface area contributed by atoms with Crippen molar-refractivity contribution in [1.29, 1.82) is 0 Å². The van der Waals surface area contributed by atoms with Crippen molar-refractivity contribution < 1.29 is 28.2 Å². The fourth-order valence-corrected chi connectivity index (χ4v) is 2.55. The first-order valence-electron chi connectivity index (χ1n) is 7.34. The highest BCUT2D eigenvalue weighted by Gasteiger charge is 2.27. The molecule has 0 aromatic heterocycles. The first kappa shape index (κ1) is 16.0. The molecule has 0 fully saturated rings. The molecule has 1 unspecified atom stereocenters. The van der Waals surface area contributed by atoms with Crippen LogP contribution in [-0.2, 0) is 9.53 Å².